The first-order valence-corrected chi connectivity index (χ1v) is 13.6. The summed E-state index contributed by atoms with van der Waals surface area (Å²) >= 11 is 0. The van der Waals surface area contributed by atoms with Crippen LogP contribution < -0.4 is 15.8 Å². The molecular formula is C28H49F3N6O2. The number of nitrogen functional groups attached to an aromatic ring is 1. The maximum Gasteiger partial charge on any atom is 0.573 e. The second-order valence-corrected chi connectivity index (χ2v) is 10.2. The van der Waals surface area contributed by atoms with E-state index in [4.69, 9.17) is 10.5 Å². The van der Waals surface area contributed by atoms with Crippen LogP contribution in [0.3, 0.4) is 0 Å². The number of nitrogens with zero attached hydrogens (tertiary/aromatic N) is 4. The molecule has 2 aromatic rings. The molecular weight excluding hydrogens is 509 g/mol. The third kappa shape index (κ3) is 11.3. The first kappa shape index (κ1) is 34.7. The smallest absolute Gasteiger partial charge is 0.402 e. The van der Waals surface area contributed by atoms with Crippen LogP contribution in [0.1, 0.15) is 73.8 Å². The van der Waals surface area contributed by atoms with E-state index in [0.717, 1.165) is 38.7 Å². The van der Waals surface area contributed by atoms with Gasteiger partial charge in [0.25, 0.3) is 0 Å². The number of rotatable bonds is 3. The zero-order valence-electron chi connectivity index (χ0n) is 23.6. The predicted octanol–water partition coefficient (Wildman–Crippen LogP) is 6.16. The number of morpholine rings is 1. The molecule has 0 unspecified atom stereocenters. The third-order valence-corrected chi connectivity index (χ3v) is 6.52. The molecule has 0 aromatic carbocycles. The quantitative estimate of drug-likeness (QED) is 0.467. The second kappa shape index (κ2) is 16.0. The molecule has 3 N–H and O–H groups in total. The molecule has 3 fully saturated rings. The number of nitrogens with one attached hydrogen (secondary N) is 1. The van der Waals surface area contributed by atoms with Crippen LogP contribution in [0.25, 0.3) is 11.3 Å². The molecule has 1 aliphatic carbocycles. The van der Waals surface area contributed by atoms with Gasteiger partial charge < -0.3 is 25.4 Å². The van der Waals surface area contributed by atoms with Gasteiger partial charge in [-0.05, 0) is 38.9 Å². The maximum atomic E-state index is 12.2. The Kier molecular flexibility index (Phi) is 14.2. The summed E-state index contributed by atoms with van der Waals surface area (Å²) in [6.45, 7) is 15.4. The van der Waals surface area contributed by atoms with E-state index in [9.17, 15) is 13.2 Å². The van der Waals surface area contributed by atoms with Crippen molar-refractivity contribution in [3.63, 3.8) is 0 Å². The molecule has 4 heterocycles. The molecule has 2 aromatic heterocycles. The summed E-state index contributed by atoms with van der Waals surface area (Å²) in [6.07, 6.45) is 4.22. The number of hydrogen-bond donors (Lipinski definition) is 2. The Morgan fingerprint density at radius 2 is 1.85 bits per heavy atom. The number of aromatic nitrogens is 3. The lowest BCUT2D eigenvalue weighted by atomic mass is 9.95. The van der Waals surface area contributed by atoms with E-state index in [1.807, 2.05) is 27.7 Å². The normalized spacial score (nSPS) is 18.4. The standard InChI is InChI=1S/C12H13F3N4O.C7H14N2O.C6H12.C2H6.CH4/c1-7(2)19-4-3-9(18-19)8-5-10(11(16)17-6-8)20-12(13,14)15;1-9-2-3-10-7(6-9)4-8-5-7;1-6-4-2-3-5-6;1-2;/h3-7H,1-2H3,(H2,16,17);8H,2-6H2,1H3;6H,2-5H2,1H3;1-2H3;1H4. The van der Waals surface area contributed by atoms with Crippen molar-refractivity contribution < 1.29 is 22.6 Å². The monoisotopic (exact) mass is 558 g/mol. The van der Waals surface area contributed by atoms with Crippen molar-refractivity contribution in [3.8, 4) is 17.0 Å². The largest absolute Gasteiger partial charge is 0.573 e. The summed E-state index contributed by atoms with van der Waals surface area (Å²) in [7, 11) is 2.16. The SMILES string of the molecule is C.CC.CC(C)n1ccc(-c2cnc(N)c(OC(F)(F)F)c2)n1.CC1CCCC1.CN1CCOC2(CNC2)C1. The van der Waals surface area contributed by atoms with Crippen LogP contribution in [-0.2, 0) is 4.74 Å². The predicted molar refractivity (Wildman–Crippen MR) is 152 cm³/mol. The first-order chi connectivity index (χ1) is 18.0. The van der Waals surface area contributed by atoms with Gasteiger partial charge in [0.2, 0.25) is 0 Å². The van der Waals surface area contributed by atoms with E-state index in [1.54, 1.807) is 16.9 Å². The van der Waals surface area contributed by atoms with Crippen molar-refractivity contribution in [2.75, 3.05) is 45.6 Å². The molecule has 0 atom stereocenters. The van der Waals surface area contributed by atoms with Gasteiger partial charge in [-0.1, -0.05) is 53.9 Å². The van der Waals surface area contributed by atoms with Crippen molar-refractivity contribution in [1.29, 1.82) is 0 Å². The number of halogens is 3. The molecule has 224 valence electrons. The lowest BCUT2D eigenvalue weighted by Gasteiger charge is -2.47. The van der Waals surface area contributed by atoms with E-state index in [-0.39, 0.29) is 24.9 Å². The lowest BCUT2D eigenvalue weighted by Crippen LogP contribution is -2.68. The van der Waals surface area contributed by atoms with Gasteiger partial charge in [0.1, 0.15) is 5.60 Å². The molecule has 0 radical (unpaired) electrons. The van der Waals surface area contributed by atoms with Gasteiger partial charge in [-0.2, -0.15) is 5.10 Å². The molecule has 0 bridgehead atoms. The molecule has 0 amide bonds. The van der Waals surface area contributed by atoms with Crippen LogP contribution in [0.4, 0.5) is 19.0 Å². The van der Waals surface area contributed by atoms with Crippen LogP contribution in [0.2, 0.25) is 0 Å². The zero-order valence-corrected chi connectivity index (χ0v) is 23.6. The number of pyridine rings is 1. The van der Waals surface area contributed by atoms with E-state index in [0.29, 0.717) is 11.3 Å². The van der Waals surface area contributed by atoms with Crippen molar-refractivity contribution in [2.24, 2.45) is 5.92 Å². The molecule has 39 heavy (non-hydrogen) atoms. The fraction of sp³-hybridized carbons (Fsp3) is 0.714. The number of ether oxygens (including phenoxy) is 2. The summed E-state index contributed by atoms with van der Waals surface area (Å²) in [5.41, 5.74) is 6.45. The Balaban J connectivity index is 0.000000330. The van der Waals surface area contributed by atoms with E-state index >= 15 is 0 Å². The Morgan fingerprint density at radius 1 is 1.21 bits per heavy atom. The molecule has 2 saturated heterocycles. The minimum Gasteiger partial charge on any atom is -0.402 e. The highest BCUT2D eigenvalue weighted by Crippen LogP contribution is 2.31. The van der Waals surface area contributed by atoms with Crippen molar-refractivity contribution >= 4 is 5.82 Å². The molecule has 1 spiro atoms. The maximum absolute atomic E-state index is 12.2. The topological polar surface area (TPSA) is 90.5 Å². The van der Waals surface area contributed by atoms with Gasteiger partial charge in [-0.3, -0.25) is 4.68 Å². The Labute approximate surface area is 232 Å². The van der Waals surface area contributed by atoms with Crippen LogP contribution in [-0.4, -0.2) is 71.5 Å². The number of alkyl halides is 3. The molecule has 5 rings (SSSR count). The van der Waals surface area contributed by atoms with Crippen LogP contribution in [0.5, 0.6) is 5.75 Å². The van der Waals surface area contributed by atoms with Gasteiger partial charge in [-0.15, -0.1) is 13.2 Å². The number of nitrogens with two attached hydrogens (primary N) is 1. The van der Waals surface area contributed by atoms with Gasteiger partial charge in [-0.25, -0.2) is 4.98 Å². The fourth-order valence-corrected chi connectivity index (χ4v) is 4.36. The fourth-order valence-electron chi connectivity index (χ4n) is 4.36. The number of anilines is 1. The highest BCUT2D eigenvalue weighted by Gasteiger charge is 2.41. The molecule has 1 saturated carbocycles. The molecule has 8 nitrogen and oxygen atoms in total. The minimum atomic E-state index is -4.81. The van der Waals surface area contributed by atoms with E-state index < -0.39 is 12.1 Å². The van der Waals surface area contributed by atoms with Gasteiger partial charge in [0, 0.05) is 50.2 Å². The Hall–Kier alpha value is -2.37. The summed E-state index contributed by atoms with van der Waals surface area (Å²) in [5.74, 6) is 0.188. The highest BCUT2D eigenvalue weighted by atomic mass is 19.4. The summed E-state index contributed by atoms with van der Waals surface area (Å²) in [5, 5.41) is 7.49. The Bertz CT molecular complexity index is 957. The summed E-state index contributed by atoms with van der Waals surface area (Å²) in [4.78, 5) is 6.03. The highest BCUT2D eigenvalue weighted by molar-refractivity contribution is 5.63. The van der Waals surface area contributed by atoms with Gasteiger partial charge in [0.05, 0.1) is 12.3 Å². The van der Waals surface area contributed by atoms with Crippen LogP contribution >= 0.6 is 0 Å². The Morgan fingerprint density at radius 3 is 2.26 bits per heavy atom. The van der Waals surface area contributed by atoms with Gasteiger partial charge >= 0.3 is 6.36 Å². The summed E-state index contributed by atoms with van der Waals surface area (Å²) < 4.78 is 47.9. The number of hydrogen-bond acceptors (Lipinski definition) is 7. The number of likely N-dealkylation sites (N-methyl/N-ethyl adjacent to an activating group) is 1. The third-order valence-electron chi connectivity index (χ3n) is 6.52. The second-order valence-electron chi connectivity index (χ2n) is 10.2. The average Bonchev–Trinajstić information content (AvgIpc) is 3.53. The summed E-state index contributed by atoms with van der Waals surface area (Å²) in [6, 6.07) is 3.00. The van der Waals surface area contributed by atoms with Crippen molar-refractivity contribution in [2.45, 2.75) is 85.7 Å². The van der Waals surface area contributed by atoms with E-state index in [1.165, 1.54) is 37.9 Å². The first-order valence-electron chi connectivity index (χ1n) is 13.6. The van der Waals surface area contributed by atoms with E-state index in [2.05, 4.69) is 39.0 Å². The average molecular weight is 559 g/mol. The van der Waals surface area contributed by atoms with Crippen LogP contribution in [0, 0.1) is 5.92 Å². The molecule has 3 aliphatic rings. The van der Waals surface area contributed by atoms with Crippen molar-refractivity contribution in [3.05, 3.63) is 24.5 Å². The molecule has 2 aliphatic heterocycles. The van der Waals surface area contributed by atoms with Crippen LogP contribution in [0.15, 0.2) is 24.5 Å². The molecule has 11 heteroatoms. The van der Waals surface area contributed by atoms with Crippen molar-refractivity contribution in [1.82, 2.24) is 25.0 Å². The zero-order chi connectivity index (χ0) is 28.3. The minimum absolute atomic E-state index is 0. The lowest BCUT2D eigenvalue weighted by molar-refractivity contribution is -0.274. The van der Waals surface area contributed by atoms with Gasteiger partial charge in [0.15, 0.2) is 11.6 Å².